The highest BCUT2D eigenvalue weighted by atomic mass is 32.1. The highest BCUT2D eigenvalue weighted by Crippen LogP contribution is 2.31. The van der Waals surface area contributed by atoms with Crippen molar-refractivity contribution in [2.45, 2.75) is 39.3 Å². The average Bonchev–Trinajstić information content (AvgIpc) is 3.17. The topological polar surface area (TPSA) is 58.2 Å². The molecule has 0 radical (unpaired) electrons. The van der Waals surface area contributed by atoms with Crippen molar-refractivity contribution in [3.05, 3.63) is 68.7 Å². The lowest BCUT2D eigenvalue weighted by Crippen LogP contribution is -2.35. The molecule has 0 aliphatic carbocycles. The summed E-state index contributed by atoms with van der Waals surface area (Å²) >= 11 is 1.79. The summed E-state index contributed by atoms with van der Waals surface area (Å²) in [5.41, 5.74) is 3.01. The highest BCUT2D eigenvalue weighted by molar-refractivity contribution is 7.15. The van der Waals surface area contributed by atoms with E-state index in [0.717, 1.165) is 55.2 Å². The molecular formula is C22H25N3O2S. The van der Waals surface area contributed by atoms with Gasteiger partial charge in [-0.05, 0) is 36.2 Å². The van der Waals surface area contributed by atoms with Crippen molar-refractivity contribution in [2.24, 2.45) is 0 Å². The van der Waals surface area contributed by atoms with Gasteiger partial charge in [-0.1, -0.05) is 19.1 Å². The van der Waals surface area contributed by atoms with Gasteiger partial charge in [0.25, 0.3) is 5.56 Å². The number of aromatic nitrogens is 2. The number of hydrogen-bond acceptors (Lipinski definition) is 5. The first-order chi connectivity index (χ1) is 13.7. The van der Waals surface area contributed by atoms with Gasteiger partial charge in [0, 0.05) is 42.2 Å². The van der Waals surface area contributed by atoms with E-state index >= 15 is 0 Å². The Morgan fingerprint density at radius 3 is 3.00 bits per heavy atom. The maximum atomic E-state index is 12.5. The molecule has 5 nitrogen and oxygen atoms in total. The Morgan fingerprint density at radius 1 is 1.29 bits per heavy atom. The summed E-state index contributed by atoms with van der Waals surface area (Å²) in [4.78, 5) is 25.0. The van der Waals surface area contributed by atoms with E-state index in [1.165, 1.54) is 15.3 Å². The number of nitrogens with zero attached hydrogens (tertiary/aromatic N) is 2. The number of rotatable bonds is 6. The van der Waals surface area contributed by atoms with Gasteiger partial charge in [-0.3, -0.25) is 9.69 Å². The Bertz CT molecular complexity index is 1020. The number of aryl methyl sites for hydroxylation is 1. The molecule has 0 atom stereocenters. The van der Waals surface area contributed by atoms with Crippen LogP contribution in [0.1, 0.15) is 35.3 Å². The minimum Gasteiger partial charge on any atom is -0.497 e. The second kappa shape index (κ2) is 8.29. The van der Waals surface area contributed by atoms with E-state index in [1.807, 2.05) is 12.1 Å². The molecule has 2 aromatic heterocycles. The summed E-state index contributed by atoms with van der Waals surface area (Å²) in [6.07, 6.45) is 2.65. The summed E-state index contributed by atoms with van der Waals surface area (Å²) in [5.74, 6) is 1.69. The van der Waals surface area contributed by atoms with Crippen LogP contribution in [-0.4, -0.2) is 28.5 Å². The van der Waals surface area contributed by atoms with E-state index in [0.29, 0.717) is 6.54 Å². The zero-order valence-electron chi connectivity index (χ0n) is 16.3. The van der Waals surface area contributed by atoms with E-state index in [4.69, 9.17) is 4.74 Å². The van der Waals surface area contributed by atoms with E-state index in [1.54, 1.807) is 18.4 Å². The lowest BCUT2D eigenvalue weighted by Gasteiger charge is -2.27. The molecule has 6 heteroatoms. The van der Waals surface area contributed by atoms with Gasteiger partial charge >= 0.3 is 0 Å². The monoisotopic (exact) mass is 395 g/mol. The van der Waals surface area contributed by atoms with E-state index in [2.05, 4.69) is 46.1 Å². The van der Waals surface area contributed by atoms with Gasteiger partial charge in [0.1, 0.15) is 11.6 Å². The summed E-state index contributed by atoms with van der Waals surface area (Å²) in [6, 6.07) is 12.5. The maximum absolute atomic E-state index is 12.5. The average molecular weight is 396 g/mol. The van der Waals surface area contributed by atoms with Gasteiger partial charge < -0.3 is 9.72 Å². The number of ether oxygens (including phenoxy) is 1. The highest BCUT2D eigenvalue weighted by Gasteiger charge is 2.21. The smallest absolute Gasteiger partial charge is 0.255 e. The third kappa shape index (κ3) is 4.03. The lowest BCUT2D eigenvalue weighted by molar-refractivity contribution is 0.243. The fourth-order valence-electron chi connectivity index (χ4n) is 3.64. The number of thiophene rings is 1. The minimum atomic E-state index is 0.0291. The van der Waals surface area contributed by atoms with Crippen LogP contribution in [0.5, 0.6) is 5.75 Å². The Morgan fingerprint density at radius 2 is 2.18 bits per heavy atom. The molecular weight excluding hydrogens is 370 g/mol. The van der Waals surface area contributed by atoms with Crippen LogP contribution in [0.2, 0.25) is 0 Å². The molecule has 0 spiro atoms. The summed E-state index contributed by atoms with van der Waals surface area (Å²) < 4.78 is 5.33. The first kappa shape index (κ1) is 18.9. The Labute approximate surface area is 169 Å². The van der Waals surface area contributed by atoms with Crippen molar-refractivity contribution >= 4 is 11.3 Å². The van der Waals surface area contributed by atoms with Crippen LogP contribution in [0.4, 0.5) is 0 Å². The molecule has 1 aliphatic rings. The fourth-order valence-corrected chi connectivity index (χ4v) is 4.68. The minimum absolute atomic E-state index is 0.0291. The number of H-pyrrole nitrogens is 1. The first-order valence-electron chi connectivity index (χ1n) is 9.72. The summed E-state index contributed by atoms with van der Waals surface area (Å²) in [5, 5.41) is 0. The normalized spacial score (nSPS) is 14.1. The Balaban J connectivity index is 1.48. The molecule has 3 heterocycles. The van der Waals surface area contributed by atoms with E-state index in [9.17, 15) is 4.79 Å². The predicted octanol–water partition coefficient (Wildman–Crippen LogP) is 4.02. The second-order valence-electron chi connectivity index (χ2n) is 7.15. The molecule has 1 aromatic carbocycles. The molecule has 28 heavy (non-hydrogen) atoms. The van der Waals surface area contributed by atoms with Gasteiger partial charge in [0.2, 0.25) is 0 Å². The van der Waals surface area contributed by atoms with Crippen molar-refractivity contribution in [2.75, 3.05) is 13.7 Å². The van der Waals surface area contributed by atoms with Crippen LogP contribution in [0.15, 0.2) is 41.2 Å². The van der Waals surface area contributed by atoms with Crippen molar-refractivity contribution < 1.29 is 4.74 Å². The number of nitrogens with one attached hydrogen (secondary N) is 1. The quantitative estimate of drug-likeness (QED) is 0.685. The lowest BCUT2D eigenvalue weighted by atomic mass is 10.1. The molecule has 0 unspecified atom stereocenters. The van der Waals surface area contributed by atoms with Gasteiger partial charge in [0.15, 0.2) is 0 Å². The largest absolute Gasteiger partial charge is 0.497 e. The standard InChI is InChI=1S/C22H25N3O2S/c1-3-5-21-23-19-10-11-25(14-18(19)22(26)24-21)13-17-8-9-20(28-17)15-6-4-7-16(12-15)27-2/h4,6-9,12H,3,5,10-11,13-14H2,1-2H3,(H,23,24,26). The first-order valence-corrected chi connectivity index (χ1v) is 10.5. The molecule has 146 valence electrons. The molecule has 0 fully saturated rings. The number of fused-ring (bicyclic) bond motifs is 1. The van der Waals surface area contributed by atoms with Crippen LogP contribution in [0.25, 0.3) is 10.4 Å². The molecule has 1 N–H and O–H groups in total. The fraction of sp³-hybridized carbons (Fsp3) is 0.364. The zero-order valence-corrected chi connectivity index (χ0v) is 17.1. The Hall–Kier alpha value is -2.44. The summed E-state index contributed by atoms with van der Waals surface area (Å²) in [6.45, 7) is 4.55. The van der Waals surface area contributed by atoms with Crippen molar-refractivity contribution in [1.82, 2.24) is 14.9 Å². The number of aromatic amines is 1. The molecule has 4 rings (SSSR count). The molecule has 3 aromatic rings. The zero-order chi connectivity index (χ0) is 19.5. The summed E-state index contributed by atoms with van der Waals surface area (Å²) in [7, 11) is 1.69. The van der Waals surface area contributed by atoms with E-state index in [-0.39, 0.29) is 5.56 Å². The molecule has 0 amide bonds. The van der Waals surface area contributed by atoms with E-state index < -0.39 is 0 Å². The van der Waals surface area contributed by atoms with Crippen molar-refractivity contribution in [3.63, 3.8) is 0 Å². The van der Waals surface area contributed by atoms with Crippen LogP contribution in [0.3, 0.4) is 0 Å². The van der Waals surface area contributed by atoms with Gasteiger partial charge in [-0.15, -0.1) is 11.3 Å². The SMILES string of the molecule is CCCc1nc2c(c(=O)[nH]1)CN(Cc1ccc(-c3cccc(OC)c3)s1)CC2. The molecule has 0 bridgehead atoms. The van der Waals surface area contributed by atoms with Crippen molar-refractivity contribution in [3.8, 4) is 16.2 Å². The van der Waals surface area contributed by atoms with Crippen LogP contribution in [-0.2, 0) is 25.9 Å². The Kier molecular flexibility index (Phi) is 5.59. The third-order valence-electron chi connectivity index (χ3n) is 5.08. The van der Waals surface area contributed by atoms with Gasteiger partial charge in [-0.2, -0.15) is 0 Å². The van der Waals surface area contributed by atoms with Gasteiger partial charge in [0.05, 0.1) is 18.4 Å². The van der Waals surface area contributed by atoms with Crippen LogP contribution in [0, 0.1) is 0 Å². The molecule has 0 saturated heterocycles. The predicted molar refractivity (Wildman–Crippen MR) is 113 cm³/mol. The molecule has 1 aliphatic heterocycles. The van der Waals surface area contributed by atoms with Crippen molar-refractivity contribution in [1.29, 1.82) is 0 Å². The van der Waals surface area contributed by atoms with Crippen LogP contribution >= 0.6 is 11.3 Å². The maximum Gasteiger partial charge on any atom is 0.255 e. The van der Waals surface area contributed by atoms with Gasteiger partial charge in [-0.25, -0.2) is 4.98 Å². The second-order valence-corrected chi connectivity index (χ2v) is 8.31. The third-order valence-corrected chi connectivity index (χ3v) is 6.20. The molecule has 0 saturated carbocycles. The number of methoxy groups -OCH3 is 1. The number of hydrogen-bond donors (Lipinski definition) is 1. The number of benzene rings is 1. The van der Waals surface area contributed by atoms with Crippen LogP contribution < -0.4 is 10.3 Å².